The average molecular weight is 417 g/mol. The molecule has 2 aromatic carbocycles. The van der Waals surface area contributed by atoms with Crippen molar-refractivity contribution in [2.45, 2.75) is 25.8 Å². The smallest absolute Gasteiger partial charge is 0.258 e. The number of fused-ring (bicyclic) bond motifs is 3. The van der Waals surface area contributed by atoms with Crippen molar-refractivity contribution in [1.29, 1.82) is 0 Å². The van der Waals surface area contributed by atoms with E-state index in [4.69, 9.17) is 9.47 Å². The van der Waals surface area contributed by atoms with Crippen LogP contribution in [0.2, 0.25) is 0 Å². The van der Waals surface area contributed by atoms with E-state index < -0.39 is 0 Å². The van der Waals surface area contributed by atoms with Gasteiger partial charge in [0.15, 0.2) is 11.5 Å². The summed E-state index contributed by atoms with van der Waals surface area (Å²) in [4.78, 5) is 15.7. The molecule has 5 rings (SSSR count). The quantitative estimate of drug-likeness (QED) is 0.566. The van der Waals surface area contributed by atoms with Crippen molar-refractivity contribution in [2.24, 2.45) is 5.92 Å². The van der Waals surface area contributed by atoms with Crippen molar-refractivity contribution in [1.82, 2.24) is 9.47 Å². The number of carbonyl (C=O) groups is 1. The highest BCUT2D eigenvalue weighted by Gasteiger charge is 2.29. The molecule has 1 aromatic heterocycles. The first-order valence-corrected chi connectivity index (χ1v) is 10.9. The van der Waals surface area contributed by atoms with Gasteiger partial charge in [-0.05, 0) is 49.5 Å². The van der Waals surface area contributed by atoms with Gasteiger partial charge in [0, 0.05) is 35.7 Å². The Morgan fingerprint density at radius 3 is 2.42 bits per heavy atom. The lowest BCUT2D eigenvalue weighted by Gasteiger charge is -2.30. The normalized spacial score (nSPS) is 18.6. The highest BCUT2D eigenvalue weighted by molar-refractivity contribution is 6.06. The predicted octanol–water partition coefficient (Wildman–Crippen LogP) is 4.69. The topological polar surface area (TPSA) is 43.7 Å². The number of piperidine rings is 1. The van der Waals surface area contributed by atoms with Crippen LogP contribution in [0, 0.1) is 5.92 Å². The summed E-state index contributed by atoms with van der Waals surface area (Å²) < 4.78 is 12.7. The minimum absolute atomic E-state index is 0.101. The number of ether oxygens (including phenoxy) is 2. The summed E-state index contributed by atoms with van der Waals surface area (Å²) in [6, 6.07) is 16.6. The molecule has 3 aromatic rings. The molecule has 5 heteroatoms. The zero-order valence-corrected chi connectivity index (χ0v) is 18.1. The first-order chi connectivity index (χ1) is 15.2. The molecule has 0 unspecified atom stereocenters. The Bertz CT molecular complexity index is 1140. The minimum Gasteiger partial charge on any atom is -0.493 e. The number of carbonyl (C=O) groups excluding carboxylic acids is 1. The molecular weight excluding hydrogens is 388 g/mol. The van der Waals surface area contributed by atoms with E-state index in [1.807, 2.05) is 16.7 Å². The number of benzene rings is 2. The van der Waals surface area contributed by atoms with Crippen molar-refractivity contribution in [3.63, 3.8) is 0 Å². The molecule has 1 saturated heterocycles. The van der Waals surface area contributed by atoms with E-state index in [1.54, 1.807) is 14.2 Å². The molecule has 160 valence electrons. The van der Waals surface area contributed by atoms with Crippen LogP contribution in [0.25, 0.3) is 10.9 Å². The van der Waals surface area contributed by atoms with Crippen molar-refractivity contribution < 1.29 is 14.3 Å². The lowest BCUT2D eigenvalue weighted by molar-refractivity contribution is 0.0968. The van der Waals surface area contributed by atoms with Crippen LogP contribution in [0.5, 0.6) is 11.5 Å². The summed E-state index contributed by atoms with van der Waals surface area (Å²) in [5, 5.41) is 1.01. The first-order valence-electron chi connectivity index (χ1n) is 10.9. The van der Waals surface area contributed by atoms with E-state index in [2.05, 4.69) is 47.4 Å². The van der Waals surface area contributed by atoms with Gasteiger partial charge in [0.25, 0.3) is 5.91 Å². The number of aromatic nitrogens is 1. The third-order valence-electron chi connectivity index (χ3n) is 6.55. The van der Waals surface area contributed by atoms with Gasteiger partial charge in [-0.25, -0.2) is 0 Å². The van der Waals surface area contributed by atoms with Gasteiger partial charge in [0.2, 0.25) is 0 Å². The summed E-state index contributed by atoms with van der Waals surface area (Å²) in [6.07, 6.45) is 5.14. The Labute approximate surface area is 182 Å². The summed E-state index contributed by atoms with van der Waals surface area (Å²) in [5.41, 5.74) is 4.22. The molecule has 3 heterocycles. The Balaban J connectivity index is 1.30. The number of methoxy groups -OCH3 is 2. The fourth-order valence-electron chi connectivity index (χ4n) is 4.91. The molecule has 0 spiro atoms. The lowest BCUT2D eigenvalue weighted by atomic mass is 9.93. The van der Waals surface area contributed by atoms with Gasteiger partial charge in [0.05, 0.1) is 19.7 Å². The molecule has 0 aliphatic carbocycles. The molecule has 31 heavy (non-hydrogen) atoms. The molecule has 2 aliphatic heterocycles. The second-order valence-corrected chi connectivity index (χ2v) is 8.51. The molecule has 0 amide bonds. The fourth-order valence-corrected chi connectivity index (χ4v) is 4.91. The van der Waals surface area contributed by atoms with Gasteiger partial charge in [-0.3, -0.25) is 14.3 Å². The van der Waals surface area contributed by atoms with Crippen LogP contribution in [0.3, 0.4) is 0 Å². The summed E-state index contributed by atoms with van der Waals surface area (Å²) >= 11 is 0. The van der Waals surface area contributed by atoms with Crippen LogP contribution < -0.4 is 9.47 Å². The van der Waals surface area contributed by atoms with Gasteiger partial charge >= 0.3 is 0 Å². The number of hydrogen-bond acceptors (Lipinski definition) is 4. The number of allylic oxidation sites excluding steroid dienone is 2. The number of hydrogen-bond donors (Lipinski definition) is 0. The Hall–Kier alpha value is -3.05. The molecular formula is C26H28N2O3. The van der Waals surface area contributed by atoms with Crippen LogP contribution >= 0.6 is 0 Å². The zero-order chi connectivity index (χ0) is 21.4. The zero-order valence-electron chi connectivity index (χ0n) is 18.1. The van der Waals surface area contributed by atoms with E-state index in [9.17, 15) is 4.79 Å². The maximum Gasteiger partial charge on any atom is 0.258 e. The van der Waals surface area contributed by atoms with Gasteiger partial charge < -0.3 is 9.47 Å². The van der Waals surface area contributed by atoms with Gasteiger partial charge in [-0.15, -0.1) is 0 Å². The number of rotatable bonds is 5. The molecule has 0 N–H and O–H groups in total. The molecule has 0 bridgehead atoms. The monoisotopic (exact) mass is 416 g/mol. The van der Waals surface area contributed by atoms with E-state index >= 15 is 0 Å². The average Bonchev–Trinajstić information content (AvgIpc) is 3.30. The second-order valence-electron chi connectivity index (χ2n) is 8.51. The Kier molecular flexibility index (Phi) is 5.28. The van der Waals surface area contributed by atoms with Crippen molar-refractivity contribution >= 4 is 16.8 Å². The molecule has 0 saturated carbocycles. The van der Waals surface area contributed by atoms with Crippen molar-refractivity contribution in [3.8, 4) is 11.5 Å². The van der Waals surface area contributed by atoms with Crippen LogP contribution in [0.15, 0.2) is 60.2 Å². The van der Waals surface area contributed by atoms with Gasteiger partial charge in [-0.1, -0.05) is 36.4 Å². The van der Waals surface area contributed by atoms with Crippen LogP contribution in [-0.4, -0.2) is 42.7 Å². The van der Waals surface area contributed by atoms with Gasteiger partial charge in [0.1, 0.15) is 0 Å². The maximum absolute atomic E-state index is 13.2. The predicted molar refractivity (Wildman–Crippen MR) is 122 cm³/mol. The number of likely N-dealkylation sites (tertiary alicyclic amines) is 1. The van der Waals surface area contributed by atoms with E-state index in [0.717, 1.165) is 54.6 Å². The molecule has 0 atom stereocenters. The molecule has 5 nitrogen and oxygen atoms in total. The highest BCUT2D eigenvalue weighted by Crippen LogP contribution is 2.37. The van der Waals surface area contributed by atoms with Crippen molar-refractivity contribution in [2.75, 3.05) is 27.3 Å². The van der Waals surface area contributed by atoms with Crippen LogP contribution in [0.1, 0.15) is 28.9 Å². The molecule has 2 aliphatic rings. The maximum atomic E-state index is 13.2. The minimum atomic E-state index is 0.101. The summed E-state index contributed by atoms with van der Waals surface area (Å²) in [5.74, 6) is 1.90. The van der Waals surface area contributed by atoms with E-state index in [1.165, 1.54) is 5.56 Å². The molecule has 1 fully saturated rings. The standard InChI is InChI=1S/C26H28N2O3/c1-30-24-15-20-13-22-14-21(26(29)28(22)23(20)16-25(24)31-2)12-18-8-10-27(11-9-18)17-19-6-4-3-5-7-19/h3-7,12-13,15-16,18H,8-11,14,17H2,1-2H3. The van der Waals surface area contributed by atoms with Gasteiger partial charge in [-0.2, -0.15) is 0 Å². The SMILES string of the molecule is COc1cc2cc3n(c2cc1OC)C(=O)C(=CC1CCN(Cc2ccccc2)CC1)C3. The fraction of sp³-hybridized carbons (Fsp3) is 0.346. The van der Waals surface area contributed by atoms with Crippen LogP contribution in [0.4, 0.5) is 0 Å². The summed E-state index contributed by atoms with van der Waals surface area (Å²) in [6.45, 7) is 3.15. The summed E-state index contributed by atoms with van der Waals surface area (Å²) in [7, 11) is 3.25. The third-order valence-corrected chi connectivity index (χ3v) is 6.55. The first kappa shape index (κ1) is 19.9. The molecule has 0 radical (unpaired) electrons. The highest BCUT2D eigenvalue weighted by atomic mass is 16.5. The Morgan fingerprint density at radius 2 is 1.71 bits per heavy atom. The van der Waals surface area contributed by atoms with Crippen LogP contribution in [-0.2, 0) is 13.0 Å². The second kappa shape index (κ2) is 8.23. The largest absolute Gasteiger partial charge is 0.493 e. The third kappa shape index (κ3) is 3.74. The Morgan fingerprint density at radius 1 is 1.00 bits per heavy atom. The van der Waals surface area contributed by atoms with Crippen molar-refractivity contribution in [3.05, 3.63) is 71.4 Å². The number of nitrogens with zero attached hydrogens (tertiary/aromatic N) is 2. The van der Waals surface area contributed by atoms with E-state index in [-0.39, 0.29) is 5.91 Å². The lowest BCUT2D eigenvalue weighted by Crippen LogP contribution is -2.32. The van der Waals surface area contributed by atoms with E-state index in [0.29, 0.717) is 23.8 Å².